The number of aliphatic hydroxyl groups excluding tert-OH is 1. The second kappa shape index (κ2) is 12.2. The van der Waals surface area contributed by atoms with Gasteiger partial charge in [-0.2, -0.15) is 0 Å². The van der Waals surface area contributed by atoms with E-state index in [1.54, 1.807) is 7.11 Å². The molecule has 9 atom stereocenters. The summed E-state index contributed by atoms with van der Waals surface area (Å²) in [7, 11) is 6.24. The highest BCUT2D eigenvalue weighted by Crippen LogP contribution is 2.67. The Balaban J connectivity index is 1.37. The molecule has 3 N–H and O–H groups in total. The van der Waals surface area contributed by atoms with E-state index in [4.69, 9.17) is 14.2 Å². The third-order valence-corrected chi connectivity index (χ3v) is 14.5. The number of aliphatic hydroxyl groups is 2. The number of carbonyl (C=O) groups excluding carboxylic acids is 2. The Morgan fingerprint density at radius 3 is 2.52 bits per heavy atom. The van der Waals surface area contributed by atoms with Crippen LogP contribution >= 0.6 is 0 Å². The maximum atomic E-state index is 15.1. The predicted molar refractivity (Wildman–Crippen MR) is 205 cm³/mol. The van der Waals surface area contributed by atoms with Crippen LogP contribution in [0.3, 0.4) is 0 Å². The van der Waals surface area contributed by atoms with Crippen LogP contribution in [-0.2, 0) is 36.4 Å². The number of fused-ring (bicyclic) bond motifs is 6. The number of rotatable bonds is 6. The van der Waals surface area contributed by atoms with Crippen LogP contribution < -0.4 is 9.64 Å². The van der Waals surface area contributed by atoms with Gasteiger partial charge in [-0.1, -0.05) is 55.8 Å². The van der Waals surface area contributed by atoms with Crippen molar-refractivity contribution in [3.05, 3.63) is 82.6 Å². The zero-order chi connectivity index (χ0) is 37.9. The lowest BCUT2D eigenvalue weighted by Gasteiger charge is -2.63. The predicted octanol–water partition coefficient (Wildman–Crippen LogP) is 4.18. The Hall–Kier alpha value is -4.16. The fourth-order valence-corrected chi connectivity index (χ4v) is 12.5. The standard InChI is InChI=1S/C43H52N4O7/c1-7-25-18-26-21-42(38(49)53-5,34-28(24-46(22-25)23-26)27-12-9-10-13-31(27)44-34)30-19-29-32(20-33(30)52-4)45(3)36-41(29)15-17-47-16-11-14-40(8-2,35(41)47)37(48)43(36,51)39(50)54-6/h9-14,18-20,26,35-37,44,48,51H,7-8,15-17,21-24H2,1-6H3/t26?,35-,36+,37+,40+,41?,42-,43?/m0/s1. The lowest BCUT2D eigenvalue weighted by molar-refractivity contribution is -0.218. The third-order valence-electron chi connectivity index (χ3n) is 14.5. The number of aromatic amines is 1. The average molecular weight is 737 g/mol. The van der Waals surface area contributed by atoms with Gasteiger partial charge in [0.1, 0.15) is 17.3 Å². The van der Waals surface area contributed by atoms with Crippen molar-refractivity contribution in [2.75, 3.05) is 59.5 Å². The van der Waals surface area contributed by atoms with Crippen molar-refractivity contribution < 1.29 is 34.0 Å². The maximum Gasteiger partial charge on any atom is 0.342 e. The largest absolute Gasteiger partial charge is 0.496 e. The molecule has 2 bridgehead atoms. The molecule has 0 amide bonds. The van der Waals surface area contributed by atoms with Crippen molar-refractivity contribution in [1.82, 2.24) is 14.8 Å². The molecule has 6 aliphatic rings. The SMILES string of the molecule is CCC1=CC2CN(C1)Cc1c([nH]c3ccccc13)[C@@](C(=O)OC)(c1cc3c(cc1OC)N(C)[C@H]1C(O)(C(=O)OC)[C@H](O)[C@]4(CC)C=CCN5CCC31[C@@H]54)C2. The van der Waals surface area contributed by atoms with Crippen molar-refractivity contribution in [2.24, 2.45) is 11.3 Å². The van der Waals surface area contributed by atoms with Gasteiger partial charge in [0, 0.05) is 84.0 Å². The van der Waals surface area contributed by atoms with Crippen molar-refractivity contribution in [3.8, 4) is 5.75 Å². The van der Waals surface area contributed by atoms with E-state index in [9.17, 15) is 15.0 Å². The first-order valence-electron chi connectivity index (χ1n) is 19.5. The topological polar surface area (TPSA) is 128 Å². The van der Waals surface area contributed by atoms with Crippen LogP contribution in [0.15, 0.2) is 60.2 Å². The zero-order valence-corrected chi connectivity index (χ0v) is 32.1. The first-order chi connectivity index (χ1) is 26.0. The van der Waals surface area contributed by atoms with Gasteiger partial charge < -0.3 is 34.3 Å². The molecule has 1 spiro atoms. The number of methoxy groups -OCH3 is 3. The number of hydrogen-bond acceptors (Lipinski definition) is 10. The minimum Gasteiger partial charge on any atom is -0.496 e. The van der Waals surface area contributed by atoms with Crippen LogP contribution in [0.2, 0.25) is 0 Å². The van der Waals surface area contributed by atoms with Gasteiger partial charge in [-0.05, 0) is 61.4 Å². The van der Waals surface area contributed by atoms with E-state index in [2.05, 4.69) is 52.1 Å². The molecule has 1 saturated heterocycles. The van der Waals surface area contributed by atoms with Crippen LogP contribution in [0.5, 0.6) is 5.75 Å². The van der Waals surface area contributed by atoms with Gasteiger partial charge in [-0.25, -0.2) is 4.79 Å². The van der Waals surface area contributed by atoms with E-state index in [1.165, 1.54) is 19.8 Å². The van der Waals surface area contributed by atoms with E-state index in [0.29, 0.717) is 50.2 Å². The van der Waals surface area contributed by atoms with Crippen LogP contribution in [0.4, 0.5) is 5.69 Å². The fraction of sp³-hybridized carbons (Fsp3) is 0.535. The number of carbonyl (C=O) groups is 2. The second-order valence-corrected chi connectivity index (χ2v) is 16.6. The summed E-state index contributed by atoms with van der Waals surface area (Å²) in [6.07, 6.45) is 7.52. The monoisotopic (exact) mass is 736 g/mol. The number of anilines is 1. The van der Waals surface area contributed by atoms with Gasteiger partial charge in [-0.15, -0.1) is 0 Å². The first kappa shape index (κ1) is 35.5. The summed E-state index contributed by atoms with van der Waals surface area (Å²) in [5.41, 5.74) is 1.24. The molecule has 3 aromatic rings. The lowest BCUT2D eigenvalue weighted by Crippen LogP contribution is -2.80. The number of likely N-dealkylation sites (N-methyl/N-ethyl adjacent to an activating group) is 1. The molecule has 1 saturated carbocycles. The van der Waals surface area contributed by atoms with Gasteiger partial charge in [0.25, 0.3) is 0 Å². The Bertz CT molecular complexity index is 2130. The maximum absolute atomic E-state index is 15.1. The molecule has 2 aromatic carbocycles. The number of nitrogens with zero attached hydrogens (tertiary/aromatic N) is 3. The summed E-state index contributed by atoms with van der Waals surface area (Å²) in [6.45, 7) is 7.97. The molecule has 54 heavy (non-hydrogen) atoms. The van der Waals surface area contributed by atoms with Gasteiger partial charge in [0.15, 0.2) is 0 Å². The van der Waals surface area contributed by atoms with E-state index < -0.39 is 40.0 Å². The van der Waals surface area contributed by atoms with Crippen molar-refractivity contribution >= 4 is 28.5 Å². The van der Waals surface area contributed by atoms with Crippen LogP contribution in [-0.4, -0.2) is 115 Å². The van der Waals surface area contributed by atoms with Crippen LogP contribution in [0.1, 0.15) is 61.9 Å². The third kappa shape index (κ3) is 4.21. The summed E-state index contributed by atoms with van der Waals surface area (Å²) < 4.78 is 17.6. The highest BCUT2D eigenvalue weighted by molar-refractivity contribution is 5.95. The molecule has 4 unspecified atom stereocenters. The summed E-state index contributed by atoms with van der Waals surface area (Å²) in [4.78, 5) is 39.7. The number of hydrogen-bond donors (Lipinski definition) is 3. The van der Waals surface area contributed by atoms with E-state index >= 15 is 4.79 Å². The normalized spacial score (nSPS) is 36.3. The number of ether oxygens (including phenoxy) is 3. The Morgan fingerprint density at radius 2 is 1.80 bits per heavy atom. The number of benzene rings is 2. The Labute approximate surface area is 316 Å². The van der Waals surface area contributed by atoms with Crippen molar-refractivity contribution in [2.45, 2.75) is 80.7 Å². The van der Waals surface area contributed by atoms with Gasteiger partial charge in [-0.3, -0.25) is 14.6 Å². The molecular weight excluding hydrogens is 684 g/mol. The van der Waals surface area contributed by atoms with E-state index in [-0.39, 0.29) is 17.9 Å². The number of H-pyrrole nitrogens is 1. The lowest BCUT2D eigenvalue weighted by atomic mass is 9.47. The molecule has 1 aliphatic carbocycles. The van der Waals surface area contributed by atoms with Gasteiger partial charge in [0.2, 0.25) is 5.60 Å². The molecular formula is C43H52N4O7. The molecule has 11 heteroatoms. The smallest absolute Gasteiger partial charge is 0.342 e. The second-order valence-electron chi connectivity index (χ2n) is 16.6. The molecule has 2 fully saturated rings. The number of esters is 2. The molecule has 0 radical (unpaired) electrons. The van der Waals surface area contributed by atoms with Gasteiger partial charge >= 0.3 is 11.9 Å². The van der Waals surface area contributed by atoms with Crippen molar-refractivity contribution in [3.63, 3.8) is 0 Å². The fourth-order valence-electron chi connectivity index (χ4n) is 12.5. The minimum atomic E-state index is -2.27. The van der Waals surface area contributed by atoms with Crippen LogP contribution in [0.25, 0.3) is 10.9 Å². The number of aromatic nitrogens is 1. The zero-order valence-electron chi connectivity index (χ0n) is 32.1. The van der Waals surface area contributed by atoms with Crippen LogP contribution in [0, 0.1) is 11.3 Å². The Kier molecular flexibility index (Phi) is 8.01. The molecule has 6 heterocycles. The first-order valence-corrected chi connectivity index (χ1v) is 19.5. The molecule has 1 aromatic heterocycles. The minimum absolute atomic E-state index is 0.0475. The summed E-state index contributed by atoms with van der Waals surface area (Å²) in [6, 6.07) is 11.3. The van der Waals surface area contributed by atoms with E-state index in [0.717, 1.165) is 52.9 Å². The number of para-hydroxylation sites is 1. The summed E-state index contributed by atoms with van der Waals surface area (Å²) in [5.74, 6) is -0.669. The molecule has 5 aliphatic heterocycles. The van der Waals surface area contributed by atoms with Gasteiger partial charge in [0.05, 0.1) is 27.4 Å². The Morgan fingerprint density at radius 1 is 1.02 bits per heavy atom. The molecule has 286 valence electrons. The summed E-state index contributed by atoms with van der Waals surface area (Å²) in [5, 5.41) is 26.3. The van der Waals surface area contributed by atoms with E-state index in [1.807, 2.05) is 43.1 Å². The highest BCUT2D eigenvalue weighted by atomic mass is 16.5. The quantitative estimate of drug-likeness (QED) is 0.251. The van der Waals surface area contributed by atoms with Crippen molar-refractivity contribution in [1.29, 1.82) is 0 Å². The molecule has 9 rings (SSSR count). The average Bonchev–Trinajstić information content (AvgIpc) is 3.84. The molecule has 11 nitrogen and oxygen atoms in total. The number of nitrogens with one attached hydrogen (secondary N) is 1. The summed E-state index contributed by atoms with van der Waals surface area (Å²) >= 11 is 0. The highest BCUT2D eigenvalue weighted by Gasteiger charge is 2.79.